The average Bonchev–Trinajstić information content (AvgIpc) is 3.63. The Hall–Kier alpha value is -4.48. The van der Waals surface area contributed by atoms with Crippen LogP contribution in [0, 0.1) is 5.92 Å². The first kappa shape index (κ1) is 35.3. The van der Waals surface area contributed by atoms with Crippen molar-refractivity contribution in [2.75, 3.05) is 33.3 Å². The number of aromatic nitrogens is 2. The highest BCUT2D eigenvalue weighted by atomic mass is 16.5. The number of hydrogen-bond donors (Lipinski definition) is 5. The summed E-state index contributed by atoms with van der Waals surface area (Å²) in [6.07, 6.45) is 7.86. The molecule has 1 unspecified atom stereocenters. The maximum absolute atomic E-state index is 12.1. The number of aliphatic hydroxyl groups excluding tert-OH is 1. The van der Waals surface area contributed by atoms with Gasteiger partial charge in [0.25, 0.3) is 0 Å². The van der Waals surface area contributed by atoms with Crippen LogP contribution in [0.2, 0.25) is 0 Å². The minimum Gasteiger partial charge on any atom is -0.506 e. The van der Waals surface area contributed by atoms with Crippen molar-refractivity contribution in [1.29, 1.82) is 0 Å². The Bertz CT molecular complexity index is 1890. The molecular formula is C40H48N4O6. The van der Waals surface area contributed by atoms with Gasteiger partial charge in [-0.15, -0.1) is 0 Å². The maximum atomic E-state index is 12.1. The Kier molecular flexibility index (Phi) is 11.7. The van der Waals surface area contributed by atoms with Gasteiger partial charge >= 0.3 is 0 Å². The quantitative estimate of drug-likeness (QED) is 0.0817. The number of likely N-dealkylation sites (N-methyl/N-ethyl adjacent to an activating group) is 1. The molecule has 0 spiro atoms. The number of aromatic amines is 1. The van der Waals surface area contributed by atoms with Crippen molar-refractivity contribution < 1.29 is 24.5 Å². The summed E-state index contributed by atoms with van der Waals surface area (Å²) in [5.74, 6) is 2.02. The monoisotopic (exact) mass is 680 g/mol. The zero-order valence-electron chi connectivity index (χ0n) is 28.7. The molecule has 1 saturated carbocycles. The molecule has 10 heteroatoms. The highest BCUT2D eigenvalue weighted by Crippen LogP contribution is 2.43. The summed E-state index contributed by atoms with van der Waals surface area (Å²) in [5.41, 5.74) is 1.28. The predicted octanol–water partition coefficient (Wildman–Crippen LogP) is 5.80. The molecular weight excluding hydrogens is 632 g/mol. The van der Waals surface area contributed by atoms with Gasteiger partial charge in [-0.1, -0.05) is 67.8 Å². The highest BCUT2D eigenvalue weighted by molar-refractivity contribution is 5.87. The molecule has 0 saturated heterocycles. The average molecular weight is 681 g/mol. The summed E-state index contributed by atoms with van der Waals surface area (Å²) in [6.45, 7) is 3.06. The summed E-state index contributed by atoms with van der Waals surface area (Å²) >= 11 is 0. The van der Waals surface area contributed by atoms with Crippen LogP contribution < -0.4 is 15.6 Å². The van der Waals surface area contributed by atoms with Crippen molar-refractivity contribution in [2.24, 2.45) is 5.92 Å². The fourth-order valence-electron chi connectivity index (χ4n) is 7.04. The predicted molar refractivity (Wildman–Crippen MR) is 193 cm³/mol. The second kappa shape index (κ2) is 16.5. The lowest BCUT2D eigenvalue weighted by atomic mass is 9.73. The number of aromatic hydroxyl groups is 1. The van der Waals surface area contributed by atoms with Crippen molar-refractivity contribution in [2.45, 2.75) is 63.2 Å². The lowest BCUT2D eigenvalue weighted by Gasteiger charge is -2.36. The second-order valence-electron chi connectivity index (χ2n) is 13.4. The molecule has 5 aromatic rings. The standard InChI is InChI=1S/C40H48N4O6/c1-44(22-20-32-26-42-39(50-32)40(48,29-11-4-2-5-12-29)30-13-6-3-7-14-30)21-9-23-49-31-15-8-10-28(24-31)25-41-27-36(46)33-16-18-35(45)38-34(33)17-19-37(47)43-38/h2,4-5,8,10-12,15-19,24,26,30,36,41,45-46,48H,3,6-7,9,13-14,20-23,25,27H2,1H3,(H,43,47)/t36-,40?/m0/s1. The SMILES string of the molecule is CN(CCCOc1cccc(CNC[C@H](O)c2ccc(O)c3[nH]c(=O)ccc23)c1)CCc1cnc(C(O)(c2ccccc2)C2CCCCC2)o1. The fraction of sp³-hybridized carbons (Fsp3) is 0.400. The van der Waals surface area contributed by atoms with Crippen LogP contribution in [-0.2, 0) is 18.6 Å². The lowest BCUT2D eigenvalue weighted by molar-refractivity contribution is -0.0239. The molecule has 10 nitrogen and oxygen atoms in total. The Morgan fingerprint density at radius 3 is 2.68 bits per heavy atom. The number of phenols is 1. The maximum Gasteiger partial charge on any atom is 0.248 e. The van der Waals surface area contributed by atoms with Crippen molar-refractivity contribution in [3.8, 4) is 11.5 Å². The first-order valence-corrected chi connectivity index (χ1v) is 17.7. The molecule has 50 heavy (non-hydrogen) atoms. The molecule has 2 heterocycles. The third kappa shape index (κ3) is 8.45. The van der Waals surface area contributed by atoms with Gasteiger partial charge in [0.1, 0.15) is 17.3 Å². The van der Waals surface area contributed by atoms with Gasteiger partial charge in [0.05, 0.1) is 24.4 Å². The molecule has 0 radical (unpaired) electrons. The van der Waals surface area contributed by atoms with Crippen LogP contribution in [0.5, 0.6) is 11.5 Å². The second-order valence-corrected chi connectivity index (χ2v) is 13.4. The van der Waals surface area contributed by atoms with E-state index >= 15 is 0 Å². The summed E-state index contributed by atoms with van der Waals surface area (Å²) in [5, 5.41) is 36.9. The number of benzene rings is 3. The molecule has 1 aliphatic carbocycles. The van der Waals surface area contributed by atoms with Gasteiger partial charge in [-0.2, -0.15) is 0 Å². The molecule has 3 aromatic carbocycles. The van der Waals surface area contributed by atoms with E-state index in [4.69, 9.17) is 9.15 Å². The Morgan fingerprint density at radius 1 is 1.04 bits per heavy atom. The van der Waals surface area contributed by atoms with Crippen LogP contribution in [0.4, 0.5) is 0 Å². The van der Waals surface area contributed by atoms with E-state index in [-0.39, 0.29) is 17.2 Å². The van der Waals surface area contributed by atoms with E-state index in [2.05, 4.69) is 27.2 Å². The van der Waals surface area contributed by atoms with E-state index < -0.39 is 11.7 Å². The summed E-state index contributed by atoms with van der Waals surface area (Å²) in [4.78, 5) is 21.2. The topological polar surface area (TPSA) is 144 Å². The Morgan fingerprint density at radius 2 is 1.86 bits per heavy atom. The van der Waals surface area contributed by atoms with E-state index in [1.807, 2.05) is 54.6 Å². The first-order chi connectivity index (χ1) is 24.3. The first-order valence-electron chi connectivity index (χ1n) is 17.7. The van der Waals surface area contributed by atoms with Crippen LogP contribution in [0.1, 0.15) is 73.0 Å². The van der Waals surface area contributed by atoms with Gasteiger partial charge in [-0.25, -0.2) is 4.98 Å². The van der Waals surface area contributed by atoms with Crippen molar-refractivity contribution >= 4 is 10.9 Å². The number of oxazole rings is 1. The van der Waals surface area contributed by atoms with Gasteiger partial charge in [0.2, 0.25) is 11.4 Å². The molecule has 2 atom stereocenters. The summed E-state index contributed by atoms with van der Waals surface area (Å²) < 4.78 is 12.3. The minimum atomic E-state index is -1.22. The fourth-order valence-corrected chi connectivity index (χ4v) is 7.04. The molecule has 6 rings (SSSR count). The number of ether oxygens (including phenoxy) is 1. The number of rotatable bonds is 16. The van der Waals surface area contributed by atoms with Crippen molar-refractivity contribution in [3.63, 3.8) is 0 Å². The number of fused-ring (bicyclic) bond motifs is 1. The highest BCUT2D eigenvalue weighted by Gasteiger charge is 2.44. The molecule has 264 valence electrons. The molecule has 0 amide bonds. The molecule has 5 N–H and O–H groups in total. The number of hydrogen-bond acceptors (Lipinski definition) is 9. The third-order valence-corrected chi connectivity index (χ3v) is 9.81. The van der Waals surface area contributed by atoms with Crippen molar-refractivity contribution in [3.05, 3.63) is 124 Å². The van der Waals surface area contributed by atoms with Gasteiger partial charge < -0.3 is 39.7 Å². The van der Waals surface area contributed by atoms with Gasteiger partial charge in [0.15, 0.2) is 5.60 Å². The third-order valence-electron chi connectivity index (χ3n) is 9.81. The smallest absolute Gasteiger partial charge is 0.248 e. The van der Waals surface area contributed by atoms with Gasteiger partial charge in [-0.05, 0) is 67.3 Å². The number of H-pyrrole nitrogens is 1. The lowest BCUT2D eigenvalue weighted by Crippen LogP contribution is -2.38. The number of phenolic OH excluding ortho intramolecular Hbond substituents is 1. The van der Waals surface area contributed by atoms with E-state index in [0.717, 1.165) is 67.8 Å². The minimum absolute atomic E-state index is 0.0337. The summed E-state index contributed by atoms with van der Waals surface area (Å²) in [6, 6.07) is 23.9. The van der Waals surface area contributed by atoms with E-state index in [1.54, 1.807) is 18.3 Å². The Labute approximate surface area is 292 Å². The molecule has 2 aromatic heterocycles. The molecule has 0 bridgehead atoms. The van der Waals surface area contributed by atoms with E-state index in [1.165, 1.54) is 18.6 Å². The van der Waals surface area contributed by atoms with Crippen LogP contribution in [0.15, 0.2) is 94.3 Å². The number of nitrogens with one attached hydrogen (secondary N) is 2. The van der Waals surface area contributed by atoms with Gasteiger partial charge in [-0.3, -0.25) is 4.79 Å². The Balaban J connectivity index is 0.936. The number of nitrogens with zero attached hydrogens (tertiary/aromatic N) is 2. The normalized spacial score (nSPS) is 15.7. The van der Waals surface area contributed by atoms with Crippen LogP contribution in [0.25, 0.3) is 10.9 Å². The molecule has 0 aliphatic heterocycles. The van der Waals surface area contributed by atoms with E-state index in [9.17, 15) is 20.1 Å². The number of aliphatic hydroxyl groups is 2. The van der Waals surface area contributed by atoms with E-state index in [0.29, 0.717) is 48.5 Å². The zero-order chi connectivity index (χ0) is 34.9. The number of pyridine rings is 1. The largest absolute Gasteiger partial charge is 0.506 e. The molecule has 1 fully saturated rings. The van der Waals surface area contributed by atoms with Crippen LogP contribution in [0.3, 0.4) is 0 Å². The van der Waals surface area contributed by atoms with Gasteiger partial charge in [0, 0.05) is 50.0 Å². The zero-order valence-corrected chi connectivity index (χ0v) is 28.7. The van der Waals surface area contributed by atoms with Crippen LogP contribution in [-0.4, -0.2) is 63.5 Å². The summed E-state index contributed by atoms with van der Waals surface area (Å²) in [7, 11) is 2.08. The van der Waals surface area contributed by atoms with Crippen LogP contribution >= 0.6 is 0 Å². The molecule has 1 aliphatic rings. The van der Waals surface area contributed by atoms with Crippen molar-refractivity contribution in [1.82, 2.24) is 20.2 Å².